The Balaban J connectivity index is 1.84. The minimum absolute atomic E-state index is 0.0145. The van der Waals surface area contributed by atoms with Gasteiger partial charge in [0.15, 0.2) is 0 Å². The molecule has 23 heavy (non-hydrogen) atoms. The maximum absolute atomic E-state index is 13.4. The molecule has 128 valence electrons. The number of ether oxygens (including phenoxy) is 1. The first-order valence-corrected chi connectivity index (χ1v) is 9.47. The van der Waals surface area contributed by atoms with E-state index in [-0.39, 0.29) is 17.0 Å². The van der Waals surface area contributed by atoms with E-state index in [1.54, 1.807) is 7.11 Å². The topological polar surface area (TPSA) is 49.9 Å². The highest BCUT2D eigenvalue weighted by molar-refractivity contribution is 7.89. The lowest BCUT2D eigenvalue weighted by Gasteiger charge is -2.27. The maximum atomic E-state index is 13.4. The molecule has 0 unspecified atom stereocenters. The van der Waals surface area contributed by atoms with Crippen LogP contribution in [-0.2, 0) is 14.8 Å². The van der Waals surface area contributed by atoms with Gasteiger partial charge >= 0.3 is 0 Å². The van der Waals surface area contributed by atoms with Gasteiger partial charge in [0.2, 0.25) is 10.0 Å². The van der Waals surface area contributed by atoms with E-state index in [0.29, 0.717) is 19.5 Å². The van der Waals surface area contributed by atoms with Crippen LogP contribution in [0.4, 0.5) is 4.39 Å². The summed E-state index contributed by atoms with van der Waals surface area (Å²) in [5, 5.41) is 0. The fraction of sp³-hybridized carbons (Fsp3) is 0.625. The highest BCUT2D eigenvalue weighted by Gasteiger charge is 2.41. The van der Waals surface area contributed by atoms with Crippen molar-refractivity contribution in [2.24, 2.45) is 0 Å². The van der Waals surface area contributed by atoms with Crippen molar-refractivity contribution in [1.82, 2.24) is 9.21 Å². The van der Waals surface area contributed by atoms with Gasteiger partial charge in [-0.3, -0.25) is 0 Å². The van der Waals surface area contributed by atoms with E-state index < -0.39 is 15.8 Å². The Morgan fingerprint density at radius 1 is 1.30 bits per heavy atom. The van der Waals surface area contributed by atoms with Crippen molar-refractivity contribution in [2.45, 2.75) is 36.3 Å². The smallest absolute Gasteiger partial charge is 0.243 e. The molecular formula is C16H23FN2O3S. The lowest BCUT2D eigenvalue weighted by molar-refractivity contribution is 0.113. The summed E-state index contributed by atoms with van der Waals surface area (Å²) in [6, 6.07) is 5.10. The predicted molar refractivity (Wildman–Crippen MR) is 85.2 cm³/mol. The molecule has 5 nitrogen and oxygen atoms in total. The Morgan fingerprint density at radius 3 is 2.70 bits per heavy atom. The van der Waals surface area contributed by atoms with Gasteiger partial charge in [-0.2, -0.15) is 4.31 Å². The molecule has 1 aromatic rings. The van der Waals surface area contributed by atoms with Crippen LogP contribution in [0.2, 0.25) is 0 Å². The average molecular weight is 342 g/mol. The molecule has 3 rings (SSSR count). The average Bonchev–Trinajstić information content (AvgIpc) is 3.17. The number of hydrogen-bond acceptors (Lipinski definition) is 4. The van der Waals surface area contributed by atoms with Crippen LogP contribution < -0.4 is 0 Å². The van der Waals surface area contributed by atoms with Gasteiger partial charge < -0.3 is 9.64 Å². The number of benzene rings is 1. The van der Waals surface area contributed by atoms with Crippen LogP contribution in [0.1, 0.15) is 19.3 Å². The number of rotatable bonds is 5. The second-order valence-electron chi connectivity index (χ2n) is 6.29. The van der Waals surface area contributed by atoms with Gasteiger partial charge in [0.05, 0.1) is 11.0 Å². The minimum Gasteiger partial charge on any atom is -0.380 e. The van der Waals surface area contributed by atoms with Gasteiger partial charge in [-0.1, -0.05) is 6.07 Å². The van der Waals surface area contributed by atoms with E-state index in [0.717, 1.165) is 32.0 Å². The largest absolute Gasteiger partial charge is 0.380 e. The first kappa shape index (κ1) is 16.8. The molecular weight excluding hydrogens is 319 g/mol. The Morgan fingerprint density at radius 2 is 2.04 bits per heavy atom. The summed E-state index contributed by atoms with van der Waals surface area (Å²) in [4.78, 5) is 2.32. The van der Waals surface area contributed by atoms with Gasteiger partial charge in [-0.15, -0.1) is 0 Å². The Kier molecular flexibility index (Phi) is 5.01. The number of sulfonamides is 1. The second-order valence-corrected chi connectivity index (χ2v) is 8.18. The van der Waals surface area contributed by atoms with Crippen molar-refractivity contribution in [3.8, 4) is 0 Å². The van der Waals surface area contributed by atoms with Crippen molar-refractivity contribution in [3.63, 3.8) is 0 Å². The van der Waals surface area contributed by atoms with E-state index in [1.807, 2.05) is 0 Å². The number of hydrogen-bond donors (Lipinski definition) is 0. The van der Waals surface area contributed by atoms with E-state index in [1.165, 1.54) is 22.5 Å². The molecule has 2 atom stereocenters. The third kappa shape index (κ3) is 3.57. The zero-order valence-corrected chi connectivity index (χ0v) is 14.1. The molecule has 7 heteroatoms. The number of methoxy groups -OCH3 is 1. The Bertz CT molecular complexity index is 646. The minimum atomic E-state index is -3.71. The zero-order chi connectivity index (χ0) is 16.4. The SMILES string of the molecule is CO[C@H]1C[C@@H](CN2CCCC2)N(S(=O)(=O)c2cccc(F)c2)C1. The molecule has 0 saturated carbocycles. The quantitative estimate of drug-likeness (QED) is 0.817. The molecule has 0 aliphatic carbocycles. The molecule has 2 saturated heterocycles. The van der Waals surface area contributed by atoms with E-state index >= 15 is 0 Å². The summed E-state index contributed by atoms with van der Waals surface area (Å²) in [5.41, 5.74) is 0. The Hall–Kier alpha value is -1.02. The zero-order valence-electron chi connectivity index (χ0n) is 13.3. The molecule has 0 radical (unpaired) electrons. The van der Waals surface area contributed by atoms with Gasteiger partial charge in [0.1, 0.15) is 5.82 Å². The summed E-state index contributed by atoms with van der Waals surface area (Å²) in [5.74, 6) is -0.537. The molecule has 2 aliphatic rings. The van der Waals surface area contributed by atoms with E-state index in [9.17, 15) is 12.8 Å². The third-order valence-corrected chi connectivity index (χ3v) is 6.64. The molecule has 2 aliphatic heterocycles. The van der Waals surface area contributed by atoms with Crippen molar-refractivity contribution in [1.29, 1.82) is 0 Å². The second kappa shape index (κ2) is 6.84. The standard InChI is InChI=1S/C16H23FN2O3S/c1-22-15-10-14(11-18-7-2-3-8-18)19(12-15)23(20,21)16-6-4-5-13(17)9-16/h4-6,9,14-15H,2-3,7-8,10-12H2,1H3/t14-,15-/m0/s1. The summed E-state index contributed by atoms with van der Waals surface area (Å²) in [7, 11) is -2.10. The van der Waals surface area contributed by atoms with Crippen LogP contribution in [0.25, 0.3) is 0 Å². The van der Waals surface area contributed by atoms with E-state index in [4.69, 9.17) is 4.74 Å². The van der Waals surface area contributed by atoms with Gasteiger partial charge in [-0.25, -0.2) is 12.8 Å². The molecule has 0 bridgehead atoms. The van der Waals surface area contributed by atoms with Crippen LogP contribution in [0.15, 0.2) is 29.2 Å². The lowest BCUT2D eigenvalue weighted by Crippen LogP contribution is -2.42. The first-order valence-electron chi connectivity index (χ1n) is 8.03. The first-order chi connectivity index (χ1) is 11.0. The van der Waals surface area contributed by atoms with Crippen LogP contribution in [0, 0.1) is 5.82 Å². The molecule has 1 aromatic carbocycles. The van der Waals surface area contributed by atoms with E-state index in [2.05, 4.69) is 4.90 Å². The summed E-state index contributed by atoms with van der Waals surface area (Å²) in [6.45, 7) is 3.08. The van der Waals surface area contributed by atoms with Crippen molar-refractivity contribution >= 4 is 10.0 Å². The molecule has 0 N–H and O–H groups in total. The number of nitrogens with zero attached hydrogens (tertiary/aromatic N) is 2. The molecule has 0 amide bonds. The molecule has 2 fully saturated rings. The Labute approximate surface area is 137 Å². The van der Waals surface area contributed by atoms with Crippen LogP contribution in [0.5, 0.6) is 0 Å². The molecule has 2 heterocycles. The highest BCUT2D eigenvalue weighted by atomic mass is 32.2. The summed E-state index contributed by atoms with van der Waals surface area (Å²) in [6.07, 6.45) is 2.90. The number of halogens is 1. The highest BCUT2D eigenvalue weighted by Crippen LogP contribution is 2.29. The molecule has 0 aromatic heterocycles. The maximum Gasteiger partial charge on any atom is 0.243 e. The van der Waals surface area contributed by atoms with Gasteiger partial charge in [-0.05, 0) is 50.6 Å². The van der Waals surface area contributed by atoms with Crippen molar-refractivity contribution < 1.29 is 17.5 Å². The fourth-order valence-corrected chi connectivity index (χ4v) is 5.19. The normalized spacial score (nSPS) is 26.9. The van der Waals surface area contributed by atoms with Crippen LogP contribution >= 0.6 is 0 Å². The third-order valence-electron chi connectivity index (χ3n) is 4.73. The molecule has 0 spiro atoms. The monoisotopic (exact) mass is 342 g/mol. The predicted octanol–water partition coefficient (Wildman–Crippen LogP) is 1.70. The lowest BCUT2D eigenvalue weighted by atomic mass is 10.2. The summed E-state index contributed by atoms with van der Waals surface area (Å²) >= 11 is 0. The van der Waals surface area contributed by atoms with Gasteiger partial charge in [0, 0.05) is 26.2 Å². The fourth-order valence-electron chi connectivity index (χ4n) is 3.50. The van der Waals surface area contributed by atoms with Crippen LogP contribution in [0.3, 0.4) is 0 Å². The van der Waals surface area contributed by atoms with Gasteiger partial charge in [0.25, 0.3) is 0 Å². The van der Waals surface area contributed by atoms with Crippen molar-refractivity contribution in [2.75, 3.05) is 33.3 Å². The summed E-state index contributed by atoms with van der Waals surface area (Å²) < 4.78 is 46.2. The number of likely N-dealkylation sites (tertiary alicyclic amines) is 1. The van der Waals surface area contributed by atoms with Crippen molar-refractivity contribution in [3.05, 3.63) is 30.1 Å². The van der Waals surface area contributed by atoms with Crippen LogP contribution in [-0.4, -0.2) is 63.1 Å².